The highest BCUT2D eigenvalue weighted by Crippen LogP contribution is 2.31. The third kappa shape index (κ3) is 2.23. The van der Waals surface area contributed by atoms with Crippen LogP contribution in [0.3, 0.4) is 0 Å². The van der Waals surface area contributed by atoms with E-state index >= 15 is 0 Å². The topological polar surface area (TPSA) is 26.0 Å². The number of aryl methyl sites for hydroxylation is 1. The van der Waals surface area contributed by atoms with E-state index < -0.39 is 23.6 Å². The zero-order valence-corrected chi connectivity index (χ0v) is 7.40. The highest BCUT2D eigenvalue weighted by atomic mass is 19.4. The molecule has 0 fully saturated rings. The molecule has 14 heavy (non-hydrogen) atoms. The fourth-order valence-electron chi connectivity index (χ4n) is 1.06. The average molecular weight is 207 g/mol. The molecule has 1 aromatic carbocycles. The van der Waals surface area contributed by atoms with Gasteiger partial charge in [0.15, 0.2) is 0 Å². The number of alkyl halides is 3. The molecule has 0 aliphatic carbocycles. The standard InChI is InChI=1S/C9H9F4N/c1-5-2-3-6(7(10)4-5)8(14)9(11,12)13/h2-4,8H,14H2,1H3. The Morgan fingerprint density at radius 2 is 1.86 bits per heavy atom. The second-order valence-electron chi connectivity index (χ2n) is 3.04. The van der Waals surface area contributed by atoms with Gasteiger partial charge in [-0.05, 0) is 18.6 Å². The van der Waals surface area contributed by atoms with Gasteiger partial charge < -0.3 is 5.73 Å². The summed E-state index contributed by atoms with van der Waals surface area (Å²) in [6, 6.07) is 1.22. The summed E-state index contributed by atoms with van der Waals surface area (Å²) in [6.45, 7) is 1.59. The van der Waals surface area contributed by atoms with Crippen molar-refractivity contribution in [3.63, 3.8) is 0 Å². The summed E-state index contributed by atoms with van der Waals surface area (Å²) in [5, 5.41) is 0. The van der Waals surface area contributed by atoms with Gasteiger partial charge in [-0.2, -0.15) is 13.2 Å². The number of halogens is 4. The van der Waals surface area contributed by atoms with Gasteiger partial charge in [0, 0.05) is 5.56 Å². The Labute approximate surface area is 78.5 Å². The van der Waals surface area contributed by atoms with Crippen LogP contribution >= 0.6 is 0 Å². The Hall–Kier alpha value is -1.10. The molecular weight excluding hydrogens is 198 g/mol. The van der Waals surface area contributed by atoms with Crippen molar-refractivity contribution in [2.75, 3.05) is 0 Å². The van der Waals surface area contributed by atoms with Crippen molar-refractivity contribution in [3.8, 4) is 0 Å². The van der Waals surface area contributed by atoms with Gasteiger partial charge in [-0.15, -0.1) is 0 Å². The third-order valence-electron chi connectivity index (χ3n) is 1.84. The second-order valence-corrected chi connectivity index (χ2v) is 3.04. The predicted octanol–water partition coefficient (Wildman–Crippen LogP) is 2.70. The molecule has 0 aliphatic rings. The molecule has 1 atom stereocenters. The van der Waals surface area contributed by atoms with Crippen LogP contribution in [0.1, 0.15) is 17.2 Å². The Kier molecular flexibility index (Phi) is 2.80. The van der Waals surface area contributed by atoms with E-state index in [4.69, 9.17) is 5.73 Å². The monoisotopic (exact) mass is 207 g/mol. The largest absolute Gasteiger partial charge is 0.407 e. The van der Waals surface area contributed by atoms with Crippen molar-refractivity contribution in [3.05, 3.63) is 35.1 Å². The Morgan fingerprint density at radius 1 is 1.29 bits per heavy atom. The first-order valence-electron chi connectivity index (χ1n) is 3.90. The first-order valence-corrected chi connectivity index (χ1v) is 3.90. The smallest absolute Gasteiger partial charge is 0.316 e. The van der Waals surface area contributed by atoms with Crippen LogP contribution in [-0.2, 0) is 0 Å². The number of rotatable bonds is 1. The molecule has 78 valence electrons. The predicted molar refractivity (Wildman–Crippen MR) is 44.1 cm³/mol. The van der Waals surface area contributed by atoms with Crippen molar-refractivity contribution in [1.82, 2.24) is 0 Å². The van der Waals surface area contributed by atoms with Crippen LogP contribution in [0.15, 0.2) is 18.2 Å². The summed E-state index contributed by atoms with van der Waals surface area (Å²) in [5.74, 6) is -0.921. The van der Waals surface area contributed by atoms with E-state index in [1.54, 1.807) is 6.92 Å². The summed E-state index contributed by atoms with van der Waals surface area (Å²) in [6.07, 6.45) is -4.61. The minimum atomic E-state index is -4.61. The molecule has 0 bridgehead atoms. The van der Waals surface area contributed by atoms with Gasteiger partial charge in [0.25, 0.3) is 0 Å². The lowest BCUT2D eigenvalue weighted by Gasteiger charge is -2.16. The molecule has 0 aromatic heterocycles. The van der Waals surface area contributed by atoms with Crippen LogP contribution in [0.5, 0.6) is 0 Å². The minimum absolute atomic E-state index is 0.525. The molecule has 0 saturated heterocycles. The maximum atomic E-state index is 13.1. The van der Waals surface area contributed by atoms with Gasteiger partial charge >= 0.3 is 6.18 Å². The van der Waals surface area contributed by atoms with Gasteiger partial charge in [0.1, 0.15) is 11.9 Å². The van der Waals surface area contributed by atoms with Crippen molar-refractivity contribution < 1.29 is 17.6 Å². The molecule has 0 aliphatic heterocycles. The Bertz CT molecular complexity index is 332. The molecule has 0 amide bonds. The van der Waals surface area contributed by atoms with Crippen molar-refractivity contribution >= 4 is 0 Å². The van der Waals surface area contributed by atoms with E-state index in [-0.39, 0.29) is 0 Å². The summed E-state index contributed by atoms with van der Waals surface area (Å²) < 4.78 is 49.4. The van der Waals surface area contributed by atoms with E-state index in [1.807, 2.05) is 0 Å². The van der Waals surface area contributed by atoms with Crippen LogP contribution in [0, 0.1) is 12.7 Å². The SMILES string of the molecule is Cc1ccc(C(N)C(F)(F)F)c(F)c1. The summed E-state index contributed by atoms with van der Waals surface area (Å²) >= 11 is 0. The zero-order chi connectivity index (χ0) is 10.9. The number of hydrogen-bond acceptors (Lipinski definition) is 1. The molecule has 0 heterocycles. The molecule has 1 aromatic rings. The Morgan fingerprint density at radius 3 is 2.29 bits per heavy atom. The summed E-state index contributed by atoms with van der Waals surface area (Å²) in [5.41, 5.74) is 4.89. The van der Waals surface area contributed by atoms with Gasteiger partial charge in [0.2, 0.25) is 0 Å². The van der Waals surface area contributed by atoms with Crippen LogP contribution in [0.25, 0.3) is 0 Å². The molecule has 0 radical (unpaired) electrons. The maximum absolute atomic E-state index is 13.1. The van der Waals surface area contributed by atoms with Crippen LogP contribution < -0.4 is 5.73 Å². The first kappa shape index (κ1) is 11.0. The van der Waals surface area contributed by atoms with Gasteiger partial charge in [-0.25, -0.2) is 4.39 Å². The quantitative estimate of drug-likeness (QED) is 0.704. The molecule has 5 heteroatoms. The van der Waals surface area contributed by atoms with Crippen LogP contribution in [-0.4, -0.2) is 6.18 Å². The molecule has 0 spiro atoms. The summed E-state index contributed by atoms with van der Waals surface area (Å²) in [4.78, 5) is 0. The van der Waals surface area contributed by atoms with Gasteiger partial charge in [0.05, 0.1) is 0 Å². The van der Waals surface area contributed by atoms with Crippen molar-refractivity contribution in [2.24, 2.45) is 5.73 Å². The third-order valence-corrected chi connectivity index (χ3v) is 1.84. The summed E-state index contributed by atoms with van der Waals surface area (Å²) in [7, 11) is 0. The van der Waals surface area contributed by atoms with Crippen LogP contribution in [0.4, 0.5) is 17.6 Å². The lowest BCUT2D eigenvalue weighted by atomic mass is 10.0. The van der Waals surface area contributed by atoms with E-state index in [9.17, 15) is 17.6 Å². The molecule has 2 N–H and O–H groups in total. The lowest BCUT2D eigenvalue weighted by Crippen LogP contribution is -2.29. The minimum Gasteiger partial charge on any atom is -0.316 e. The Balaban J connectivity index is 3.08. The van der Waals surface area contributed by atoms with E-state index in [1.165, 1.54) is 6.07 Å². The molecular formula is C9H9F4N. The molecule has 1 nitrogen and oxygen atoms in total. The highest BCUT2D eigenvalue weighted by molar-refractivity contribution is 5.26. The second kappa shape index (κ2) is 3.57. The first-order chi connectivity index (χ1) is 6.32. The van der Waals surface area contributed by atoms with Crippen LogP contribution in [0.2, 0.25) is 0 Å². The van der Waals surface area contributed by atoms with Gasteiger partial charge in [-0.1, -0.05) is 12.1 Å². The molecule has 1 rings (SSSR count). The highest BCUT2D eigenvalue weighted by Gasteiger charge is 2.39. The molecule has 1 unspecified atom stereocenters. The average Bonchev–Trinajstić information content (AvgIpc) is 2.01. The van der Waals surface area contributed by atoms with E-state index in [2.05, 4.69) is 0 Å². The van der Waals surface area contributed by atoms with Crippen molar-refractivity contribution in [2.45, 2.75) is 19.1 Å². The number of benzene rings is 1. The fraction of sp³-hybridized carbons (Fsp3) is 0.333. The molecule has 0 saturated carbocycles. The lowest BCUT2D eigenvalue weighted by molar-refractivity contribution is -0.149. The fourth-order valence-corrected chi connectivity index (χ4v) is 1.06. The number of nitrogens with two attached hydrogens (primary N) is 1. The van der Waals surface area contributed by atoms with Crippen molar-refractivity contribution in [1.29, 1.82) is 0 Å². The number of hydrogen-bond donors (Lipinski definition) is 1. The van der Waals surface area contributed by atoms with E-state index in [0.717, 1.165) is 12.1 Å². The van der Waals surface area contributed by atoms with Gasteiger partial charge in [-0.3, -0.25) is 0 Å². The maximum Gasteiger partial charge on any atom is 0.407 e. The van der Waals surface area contributed by atoms with E-state index in [0.29, 0.717) is 5.56 Å². The normalized spacial score (nSPS) is 14.1. The zero-order valence-electron chi connectivity index (χ0n) is 7.40.